The maximum Gasteiger partial charge on any atom is 0.158 e. The molecule has 1 aromatic rings. The lowest BCUT2D eigenvalue weighted by molar-refractivity contribution is 0.375. The summed E-state index contributed by atoms with van der Waals surface area (Å²) in [5, 5.41) is 5.64. The summed E-state index contributed by atoms with van der Waals surface area (Å²) in [4.78, 5) is 0.266. The van der Waals surface area contributed by atoms with Crippen LogP contribution in [0.5, 0.6) is 11.5 Å². The molecule has 78 valence electrons. The highest BCUT2D eigenvalue weighted by molar-refractivity contribution is 7.83. The summed E-state index contributed by atoms with van der Waals surface area (Å²) in [6, 6.07) is 3.18. The van der Waals surface area contributed by atoms with Gasteiger partial charge in [-0.2, -0.15) is 0 Å². The molecule has 2 N–H and O–H groups in total. The van der Waals surface area contributed by atoms with Gasteiger partial charge in [0.15, 0.2) is 5.75 Å². The maximum atomic E-state index is 11.2. The fourth-order valence-electron chi connectivity index (χ4n) is 1.06. The summed E-state index contributed by atoms with van der Waals surface area (Å²) in [5.74, 6) is 0.680. The van der Waals surface area contributed by atoms with Gasteiger partial charge in [-0.15, -0.1) is 0 Å². The Hall–Kier alpha value is -0.780. The van der Waals surface area contributed by atoms with Crippen LogP contribution in [0.1, 0.15) is 0 Å². The molecule has 4 nitrogen and oxygen atoms in total. The van der Waals surface area contributed by atoms with E-state index >= 15 is 0 Å². The molecule has 0 heterocycles. The van der Waals surface area contributed by atoms with Gasteiger partial charge in [-0.05, 0) is 12.1 Å². The quantitative estimate of drug-likeness (QED) is 0.860. The number of hydrogen-bond donors (Lipinski definition) is 1. The number of rotatable bonds is 3. The summed E-state index contributed by atoms with van der Waals surface area (Å²) in [6.45, 7) is 0. The second-order valence-electron chi connectivity index (χ2n) is 2.41. The van der Waals surface area contributed by atoms with Crippen LogP contribution in [0, 0.1) is 0 Å². The average Bonchev–Trinajstić information content (AvgIpc) is 2.17. The number of hydrogen-bond acceptors (Lipinski definition) is 3. The second kappa shape index (κ2) is 4.63. The molecule has 1 unspecified atom stereocenters. The van der Waals surface area contributed by atoms with Crippen LogP contribution in [0.2, 0.25) is 5.02 Å². The van der Waals surface area contributed by atoms with E-state index in [9.17, 15) is 4.21 Å². The molecule has 1 atom stereocenters. The largest absolute Gasteiger partial charge is 0.495 e. The van der Waals surface area contributed by atoms with E-state index in [2.05, 4.69) is 0 Å². The highest BCUT2D eigenvalue weighted by Gasteiger charge is 2.17. The maximum absolute atomic E-state index is 11.2. The molecule has 0 aliphatic carbocycles. The summed E-state index contributed by atoms with van der Waals surface area (Å²) in [6.07, 6.45) is 0. The molecule has 0 bridgehead atoms. The Bertz CT molecular complexity index is 370. The molecule has 0 aromatic heterocycles. The third-order valence-electron chi connectivity index (χ3n) is 1.65. The van der Waals surface area contributed by atoms with Crippen LogP contribution in [0.15, 0.2) is 17.0 Å². The van der Waals surface area contributed by atoms with E-state index in [1.165, 1.54) is 14.2 Å². The van der Waals surface area contributed by atoms with Gasteiger partial charge in [-0.1, -0.05) is 11.6 Å². The van der Waals surface area contributed by atoms with E-state index < -0.39 is 11.0 Å². The molecule has 0 aliphatic rings. The standard InChI is InChI=1S/C8H10ClNO3S/c1-12-6-4-3-5(9)7(13-2)8(6)14(10)11/h3-4H,10H2,1-2H3. The zero-order valence-corrected chi connectivity index (χ0v) is 9.32. The van der Waals surface area contributed by atoms with Crippen molar-refractivity contribution < 1.29 is 13.7 Å². The molecule has 0 saturated carbocycles. The van der Waals surface area contributed by atoms with E-state index in [0.717, 1.165) is 0 Å². The van der Waals surface area contributed by atoms with Gasteiger partial charge < -0.3 is 9.47 Å². The number of halogens is 1. The normalized spacial score (nSPS) is 12.3. The second-order valence-corrected chi connectivity index (χ2v) is 3.82. The molecule has 0 fully saturated rings. The van der Waals surface area contributed by atoms with E-state index in [1.807, 2.05) is 0 Å². The topological polar surface area (TPSA) is 61.6 Å². The van der Waals surface area contributed by atoms with Crippen molar-refractivity contribution >= 4 is 22.6 Å². The third-order valence-corrected chi connectivity index (χ3v) is 2.74. The Morgan fingerprint density at radius 1 is 1.36 bits per heavy atom. The highest BCUT2D eigenvalue weighted by Crippen LogP contribution is 2.36. The zero-order chi connectivity index (χ0) is 10.7. The molecular formula is C8H10ClNO3S. The molecule has 0 aliphatic heterocycles. The van der Waals surface area contributed by atoms with Crippen molar-refractivity contribution in [1.82, 2.24) is 0 Å². The minimum Gasteiger partial charge on any atom is -0.495 e. The molecule has 14 heavy (non-hydrogen) atoms. The van der Waals surface area contributed by atoms with Gasteiger partial charge in [0, 0.05) is 0 Å². The van der Waals surface area contributed by atoms with Crippen molar-refractivity contribution in [2.24, 2.45) is 5.14 Å². The van der Waals surface area contributed by atoms with Gasteiger partial charge in [-0.3, -0.25) is 0 Å². The Morgan fingerprint density at radius 2 is 2.00 bits per heavy atom. The van der Waals surface area contributed by atoms with E-state index in [1.54, 1.807) is 12.1 Å². The summed E-state index contributed by atoms with van der Waals surface area (Å²) >= 11 is 5.83. The Labute approximate surface area is 89.5 Å². The predicted octanol–water partition coefficient (Wildman–Crippen LogP) is 1.34. The Balaban J connectivity index is 3.43. The lowest BCUT2D eigenvalue weighted by Gasteiger charge is -2.11. The Morgan fingerprint density at radius 3 is 2.43 bits per heavy atom. The van der Waals surface area contributed by atoms with Crippen LogP contribution in [0.25, 0.3) is 0 Å². The lowest BCUT2D eigenvalue weighted by atomic mass is 10.3. The predicted molar refractivity (Wildman–Crippen MR) is 55.2 cm³/mol. The Kier molecular flexibility index (Phi) is 3.74. The monoisotopic (exact) mass is 235 g/mol. The molecule has 0 amide bonds. The lowest BCUT2D eigenvalue weighted by Crippen LogP contribution is -2.07. The molecule has 0 spiro atoms. The fourth-order valence-corrected chi connectivity index (χ4v) is 2.08. The van der Waals surface area contributed by atoms with Crippen LogP contribution in [0.4, 0.5) is 0 Å². The highest BCUT2D eigenvalue weighted by atomic mass is 35.5. The SMILES string of the molecule is COc1ccc(Cl)c(OC)c1S(N)=O. The molecule has 1 rings (SSSR count). The number of ether oxygens (including phenoxy) is 2. The minimum absolute atomic E-state index is 0.266. The van der Waals surface area contributed by atoms with Gasteiger partial charge in [0.2, 0.25) is 0 Å². The number of methoxy groups -OCH3 is 2. The first kappa shape index (κ1) is 11.3. The van der Waals surface area contributed by atoms with Crippen LogP contribution < -0.4 is 14.6 Å². The van der Waals surface area contributed by atoms with Gasteiger partial charge in [-0.25, -0.2) is 9.35 Å². The smallest absolute Gasteiger partial charge is 0.158 e. The first-order valence-corrected chi connectivity index (χ1v) is 5.27. The van der Waals surface area contributed by atoms with Gasteiger partial charge in [0.05, 0.1) is 19.2 Å². The summed E-state index contributed by atoms with van der Waals surface area (Å²) < 4.78 is 21.2. The molecular weight excluding hydrogens is 226 g/mol. The van der Waals surface area contributed by atoms with Crippen LogP contribution in [-0.2, 0) is 11.0 Å². The van der Waals surface area contributed by atoms with Crippen LogP contribution in [0.3, 0.4) is 0 Å². The van der Waals surface area contributed by atoms with Gasteiger partial charge in [0.1, 0.15) is 21.6 Å². The van der Waals surface area contributed by atoms with Gasteiger partial charge in [0.25, 0.3) is 0 Å². The first-order chi connectivity index (χ1) is 6.61. The third kappa shape index (κ3) is 2.00. The molecule has 0 radical (unpaired) electrons. The minimum atomic E-state index is -1.70. The fraction of sp³-hybridized carbons (Fsp3) is 0.250. The van der Waals surface area contributed by atoms with E-state index in [0.29, 0.717) is 10.8 Å². The average molecular weight is 236 g/mol. The number of benzene rings is 1. The van der Waals surface area contributed by atoms with Crippen molar-refractivity contribution in [3.8, 4) is 11.5 Å². The van der Waals surface area contributed by atoms with Crippen molar-refractivity contribution in [2.45, 2.75) is 4.90 Å². The molecule has 1 aromatic carbocycles. The molecule has 0 saturated heterocycles. The van der Waals surface area contributed by atoms with Crippen molar-refractivity contribution in [2.75, 3.05) is 14.2 Å². The van der Waals surface area contributed by atoms with E-state index in [-0.39, 0.29) is 10.6 Å². The van der Waals surface area contributed by atoms with Crippen molar-refractivity contribution in [1.29, 1.82) is 0 Å². The first-order valence-electron chi connectivity index (χ1n) is 3.68. The number of nitrogens with two attached hydrogens (primary N) is 1. The molecule has 6 heteroatoms. The van der Waals surface area contributed by atoms with E-state index in [4.69, 9.17) is 26.2 Å². The van der Waals surface area contributed by atoms with Crippen LogP contribution in [-0.4, -0.2) is 18.4 Å². The summed E-state index contributed by atoms with van der Waals surface area (Å²) in [5.41, 5.74) is 0. The zero-order valence-electron chi connectivity index (χ0n) is 7.74. The van der Waals surface area contributed by atoms with Gasteiger partial charge >= 0.3 is 0 Å². The van der Waals surface area contributed by atoms with Crippen molar-refractivity contribution in [3.63, 3.8) is 0 Å². The van der Waals surface area contributed by atoms with Crippen molar-refractivity contribution in [3.05, 3.63) is 17.2 Å². The summed E-state index contributed by atoms with van der Waals surface area (Å²) in [7, 11) is 1.19. The van der Waals surface area contributed by atoms with Crippen LogP contribution >= 0.6 is 11.6 Å².